The van der Waals surface area contributed by atoms with Crippen molar-refractivity contribution in [2.24, 2.45) is 10.9 Å². The summed E-state index contributed by atoms with van der Waals surface area (Å²) in [6.07, 6.45) is 2.98. The predicted molar refractivity (Wildman–Crippen MR) is 118 cm³/mol. The highest BCUT2D eigenvalue weighted by atomic mass is 127. The molecule has 0 unspecified atom stereocenters. The summed E-state index contributed by atoms with van der Waals surface area (Å²) >= 11 is 0. The molecule has 8 heteroatoms. The summed E-state index contributed by atoms with van der Waals surface area (Å²) in [4.78, 5) is 4.58. The van der Waals surface area contributed by atoms with Gasteiger partial charge in [0, 0.05) is 33.2 Å². The Kier molecular flexibility index (Phi) is 9.88. The van der Waals surface area contributed by atoms with Gasteiger partial charge in [-0.05, 0) is 30.4 Å². The largest absolute Gasteiger partial charge is 0.356 e. The van der Waals surface area contributed by atoms with Gasteiger partial charge in [0.15, 0.2) is 5.96 Å². The van der Waals surface area contributed by atoms with E-state index in [2.05, 4.69) is 29.5 Å². The van der Waals surface area contributed by atoms with Crippen LogP contribution in [-0.4, -0.2) is 45.4 Å². The molecule has 0 saturated carbocycles. The molecule has 0 aromatic heterocycles. The number of nitrogens with zero attached hydrogens (tertiary/aromatic N) is 2. The third-order valence-electron chi connectivity index (χ3n) is 4.25. The molecule has 6 nitrogen and oxygen atoms in total. The van der Waals surface area contributed by atoms with Gasteiger partial charge in [0.1, 0.15) is 0 Å². The van der Waals surface area contributed by atoms with E-state index < -0.39 is 10.0 Å². The second-order valence-electron chi connectivity index (χ2n) is 6.77. The van der Waals surface area contributed by atoms with Crippen LogP contribution in [0, 0.1) is 5.92 Å². The lowest BCUT2D eigenvalue weighted by Gasteiger charge is -2.27. The molecule has 26 heavy (non-hydrogen) atoms. The van der Waals surface area contributed by atoms with Crippen LogP contribution in [0.4, 0.5) is 0 Å². The van der Waals surface area contributed by atoms with Gasteiger partial charge in [0.05, 0.1) is 4.90 Å². The quantitative estimate of drug-likeness (QED) is 0.363. The molecule has 1 aromatic carbocycles. The molecule has 1 fully saturated rings. The Balaban J connectivity index is 0.00000338. The summed E-state index contributed by atoms with van der Waals surface area (Å²) in [5.41, 5.74) is 0.764. The van der Waals surface area contributed by atoms with E-state index in [4.69, 9.17) is 0 Å². The summed E-state index contributed by atoms with van der Waals surface area (Å²) < 4.78 is 27.6. The number of piperidine rings is 1. The molecule has 1 heterocycles. The smallest absolute Gasteiger partial charge is 0.243 e. The van der Waals surface area contributed by atoms with Crippen molar-refractivity contribution in [1.29, 1.82) is 0 Å². The van der Waals surface area contributed by atoms with Crippen LogP contribution in [0.1, 0.15) is 38.7 Å². The van der Waals surface area contributed by atoms with Crippen molar-refractivity contribution < 1.29 is 8.42 Å². The van der Waals surface area contributed by atoms with E-state index >= 15 is 0 Å². The number of rotatable bonds is 6. The molecule has 1 saturated heterocycles. The van der Waals surface area contributed by atoms with Crippen molar-refractivity contribution >= 4 is 40.0 Å². The van der Waals surface area contributed by atoms with Crippen molar-refractivity contribution in [3.8, 4) is 0 Å². The van der Waals surface area contributed by atoms with Gasteiger partial charge < -0.3 is 10.6 Å². The number of hydrogen-bond acceptors (Lipinski definition) is 3. The topological polar surface area (TPSA) is 73.8 Å². The number of hydrogen-bond donors (Lipinski definition) is 2. The molecule has 1 aliphatic heterocycles. The third-order valence-corrected chi connectivity index (χ3v) is 6.25. The SMILES string of the molecule is CN=C(NCc1ccccc1S(=O)(=O)N1CCCCC1)NCC(C)C.I. The number of aliphatic imine (C=N–C) groups is 1. The Labute approximate surface area is 174 Å². The van der Waals surface area contributed by atoms with Crippen LogP contribution >= 0.6 is 24.0 Å². The minimum atomic E-state index is -3.44. The van der Waals surface area contributed by atoms with Crippen LogP contribution in [0.25, 0.3) is 0 Å². The molecule has 0 aliphatic carbocycles. The van der Waals surface area contributed by atoms with E-state index in [1.54, 1.807) is 23.5 Å². The van der Waals surface area contributed by atoms with Gasteiger partial charge >= 0.3 is 0 Å². The second-order valence-corrected chi connectivity index (χ2v) is 8.68. The van der Waals surface area contributed by atoms with Gasteiger partial charge in [-0.1, -0.05) is 38.5 Å². The first-order valence-corrected chi connectivity index (χ1v) is 10.4. The average Bonchev–Trinajstić information content (AvgIpc) is 2.62. The van der Waals surface area contributed by atoms with Gasteiger partial charge in [0.2, 0.25) is 10.0 Å². The van der Waals surface area contributed by atoms with Crippen LogP contribution in [0.2, 0.25) is 0 Å². The van der Waals surface area contributed by atoms with Crippen LogP contribution in [-0.2, 0) is 16.6 Å². The van der Waals surface area contributed by atoms with E-state index in [0.29, 0.717) is 36.4 Å². The zero-order chi connectivity index (χ0) is 18.3. The number of benzene rings is 1. The lowest BCUT2D eigenvalue weighted by atomic mass is 10.2. The minimum Gasteiger partial charge on any atom is -0.356 e. The third kappa shape index (κ3) is 6.38. The maximum Gasteiger partial charge on any atom is 0.243 e. The van der Waals surface area contributed by atoms with Gasteiger partial charge in [-0.25, -0.2) is 8.42 Å². The number of halogens is 1. The van der Waals surface area contributed by atoms with Gasteiger partial charge in [-0.3, -0.25) is 4.99 Å². The summed E-state index contributed by atoms with van der Waals surface area (Å²) in [7, 11) is -1.73. The van der Waals surface area contributed by atoms with Crippen molar-refractivity contribution in [2.45, 2.75) is 44.6 Å². The highest BCUT2D eigenvalue weighted by Gasteiger charge is 2.27. The van der Waals surface area contributed by atoms with Crippen LogP contribution in [0.5, 0.6) is 0 Å². The minimum absolute atomic E-state index is 0. The Morgan fingerprint density at radius 1 is 1.15 bits per heavy atom. The average molecular weight is 494 g/mol. The molecule has 0 bridgehead atoms. The fourth-order valence-electron chi connectivity index (χ4n) is 2.85. The Bertz CT molecular complexity index is 686. The first-order chi connectivity index (χ1) is 11.9. The maximum atomic E-state index is 13.0. The predicted octanol–water partition coefficient (Wildman–Crippen LogP) is 2.80. The van der Waals surface area contributed by atoms with E-state index in [1.165, 1.54) is 0 Å². The first kappa shape index (κ1) is 23.2. The molecule has 1 aliphatic rings. The molecule has 0 atom stereocenters. The van der Waals surface area contributed by atoms with Crippen LogP contribution in [0.3, 0.4) is 0 Å². The molecule has 0 amide bonds. The van der Waals surface area contributed by atoms with E-state index in [9.17, 15) is 8.42 Å². The normalized spacial score (nSPS) is 16.2. The fourth-order valence-corrected chi connectivity index (χ4v) is 4.59. The van der Waals surface area contributed by atoms with Crippen LogP contribution < -0.4 is 10.6 Å². The highest BCUT2D eigenvalue weighted by Crippen LogP contribution is 2.23. The lowest BCUT2D eigenvalue weighted by Crippen LogP contribution is -2.39. The van der Waals surface area contributed by atoms with Crippen LogP contribution in [0.15, 0.2) is 34.2 Å². The standard InChI is InChI=1S/C18H30N4O2S.HI/c1-15(2)13-20-18(19-3)21-14-16-9-5-6-10-17(16)25(23,24)22-11-7-4-8-12-22;/h5-6,9-10,15H,4,7-8,11-14H2,1-3H3,(H2,19,20,21);1H. The summed E-state index contributed by atoms with van der Waals surface area (Å²) in [5, 5.41) is 6.45. The number of guanidine groups is 1. The van der Waals surface area contributed by atoms with Crippen molar-refractivity contribution in [3.63, 3.8) is 0 Å². The summed E-state index contributed by atoms with van der Waals surface area (Å²) in [5.74, 6) is 1.18. The molecule has 2 N–H and O–H groups in total. The van der Waals surface area contributed by atoms with Crippen molar-refractivity contribution in [2.75, 3.05) is 26.7 Å². The summed E-state index contributed by atoms with van der Waals surface area (Å²) in [6.45, 7) is 6.71. The lowest BCUT2D eigenvalue weighted by molar-refractivity contribution is 0.346. The summed E-state index contributed by atoms with van der Waals surface area (Å²) in [6, 6.07) is 7.22. The number of nitrogens with one attached hydrogen (secondary N) is 2. The maximum absolute atomic E-state index is 13.0. The molecule has 148 valence electrons. The molecule has 0 spiro atoms. The molecular weight excluding hydrogens is 463 g/mol. The van der Waals surface area contributed by atoms with Gasteiger partial charge in [0.25, 0.3) is 0 Å². The molecule has 2 rings (SSSR count). The Hall–Kier alpha value is -0.870. The highest BCUT2D eigenvalue weighted by molar-refractivity contribution is 14.0. The fraction of sp³-hybridized carbons (Fsp3) is 0.611. The first-order valence-electron chi connectivity index (χ1n) is 8.97. The Morgan fingerprint density at radius 2 is 1.81 bits per heavy atom. The molecule has 0 radical (unpaired) electrons. The van der Waals surface area contributed by atoms with Crippen molar-refractivity contribution in [3.05, 3.63) is 29.8 Å². The zero-order valence-electron chi connectivity index (χ0n) is 15.9. The monoisotopic (exact) mass is 494 g/mol. The molecule has 1 aromatic rings. The number of sulfonamides is 1. The Morgan fingerprint density at radius 3 is 2.42 bits per heavy atom. The molecular formula is C18H31IN4O2S. The van der Waals surface area contributed by atoms with Gasteiger partial charge in [-0.15, -0.1) is 24.0 Å². The van der Waals surface area contributed by atoms with Crippen molar-refractivity contribution in [1.82, 2.24) is 14.9 Å². The van der Waals surface area contributed by atoms with E-state index in [0.717, 1.165) is 31.4 Å². The van der Waals surface area contributed by atoms with E-state index in [-0.39, 0.29) is 24.0 Å². The van der Waals surface area contributed by atoms with E-state index in [1.807, 2.05) is 12.1 Å². The van der Waals surface area contributed by atoms with Gasteiger partial charge in [-0.2, -0.15) is 4.31 Å². The second kappa shape index (κ2) is 11.1. The zero-order valence-corrected chi connectivity index (χ0v) is 19.0.